The van der Waals surface area contributed by atoms with Gasteiger partial charge in [0.25, 0.3) is 0 Å². The molecule has 5 rings (SSSR count). The number of nitrogens with one attached hydrogen (secondary N) is 1. The van der Waals surface area contributed by atoms with Crippen LogP contribution < -0.4 is 5.32 Å². The van der Waals surface area contributed by atoms with E-state index in [1.165, 1.54) is 0 Å². The van der Waals surface area contributed by atoms with E-state index in [9.17, 15) is 18.0 Å². The molecule has 2 bridgehead atoms. The normalized spacial score (nSPS) is 29.2. The van der Waals surface area contributed by atoms with Gasteiger partial charge >= 0.3 is 6.36 Å². The smallest absolute Gasteiger partial charge is 0.374 e. The Kier molecular flexibility index (Phi) is 4.82. The summed E-state index contributed by atoms with van der Waals surface area (Å²) in [6.07, 6.45) is -0.245. The second-order valence-corrected chi connectivity index (χ2v) is 7.22. The van der Waals surface area contributed by atoms with Crippen molar-refractivity contribution in [3.05, 3.63) is 18.1 Å². The average molecular weight is 374 g/mol. The molecule has 1 aromatic heterocycles. The number of halogens is 3. The quantitative estimate of drug-likeness (QED) is 0.829. The Morgan fingerprint density at radius 1 is 1.38 bits per heavy atom. The van der Waals surface area contributed by atoms with Crippen molar-refractivity contribution in [3.63, 3.8) is 0 Å². The molecule has 1 saturated carbocycles. The maximum Gasteiger partial charge on any atom is 0.519 e. The van der Waals surface area contributed by atoms with Gasteiger partial charge in [-0.2, -0.15) is 0 Å². The second kappa shape index (κ2) is 6.66. The number of hydrogen-bond donors (Lipinski definition) is 2. The van der Waals surface area contributed by atoms with E-state index in [1.54, 1.807) is 6.33 Å². The number of anilines is 1. The number of nitrogens with zero attached hydrogens (tertiary/aromatic N) is 3. The highest BCUT2D eigenvalue weighted by atomic mass is 19.4. The van der Waals surface area contributed by atoms with Crippen LogP contribution in [0.3, 0.4) is 0 Å². The summed E-state index contributed by atoms with van der Waals surface area (Å²) in [7, 11) is 0. The van der Waals surface area contributed by atoms with Crippen molar-refractivity contribution in [2.75, 3.05) is 31.6 Å². The first-order valence-corrected chi connectivity index (χ1v) is 8.36. The van der Waals surface area contributed by atoms with E-state index >= 15 is 0 Å². The number of fused-ring (bicyclic) bond motifs is 1. The van der Waals surface area contributed by atoms with E-state index in [2.05, 4.69) is 22.2 Å². The molecule has 10 heteroatoms. The molecule has 7 nitrogen and oxygen atoms in total. The monoisotopic (exact) mass is 374 g/mol. The van der Waals surface area contributed by atoms with Crippen molar-refractivity contribution in [2.45, 2.75) is 43.6 Å². The third-order valence-electron chi connectivity index (χ3n) is 4.96. The molecule has 1 amide bonds. The third kappa shape index (κ3) is 4.24. The van der Waals surface area contributed by atoms with Crippen LogP contribution in [0.2, 0.25) is 0 Å². The third-order valence-corrected chi connectivity index (χ3v) is 4.96. The minimum absolute atomic E-state index is 0.0476. The summed E-state index contributed by atoms with van der Waals surface area (Å²) in [6, 6.07) is 1.97. The number of aliphatic hydroxyl groups is 1. The first-order chi connectivity index (χ1) is 12.1. The van der Waals surface area contributed by atoms with Crippen LogP contribution in [0.25, 0.3) is 0 Å². The van der Waals surface area contributed by atoms with Gasteiger partial charge in [0.1, 0.15) is 12.1 Å². The Hall–Kier alpha value is -1.94. The first-order valence-electron chi connectivity index (χ1n) is 8.36. The number of ether oxygens (including phenoxy) is 1. The lowest BCUT2D eigenvalue weighted by Gasteiger charge is -2.41. The van der Waals surface area contributed by atoms with Crippen LogP contribution in [-0.2, 0) is 14.9 Å². The van der Waals surface area contributed by atoms with Gasteiger partial charge in [-0.1, -0.05) is 0 Å². The summed E-state index contributed by atoms with van der Waals surface area (Å²) in [5.74, 6) is 0.865. The summed E-state index contributed by atoms with van der Waals surface area (Å²) < 4.78 is 35.6. The Morgan fingerprint density at radius 3 is 2.54 bits per heavy atom. The molecule has 0 aromatic carbocycles. The van der Waals surface area contributed by atoms with Crippen molar-refractivity contribution in [1.82, 2.24) is 14.9 Å². The number of rotatable bonds is 4. The minimum atomic E-state index is -5.00. The summed E-state index contributed by atoms with van der Waals surface area (Å²) >= 11 is 0. The van der Waals surface area contributed by atoms with Crippen LogP contribution in [0.15, 0.2) is 12.4 Å². The van der Waals surface area contributed by atoms with E-state index in [0.717, 1.165) is 50.5 Å². The van der Waals surface area contributed by atoms with E-state index in [4.69, 9.17) is 9.84 Å². The maximum absolute atomic E-state index is 11.9. The van der Waals surface area contributed by atoms with Gasteiger partial charge in [-0.3, -0.25) is 4.79 Å². The molecular weight excluding hydrogens is 353 g/mol. The fourth-order valence-corrected chi connectivity index (χ4v) is 3.74. The van der Waals surface area contributed by atoms with E-state index < -0.39 is 6.36 Å². The minimum Gasteiger partial charge on any atom is -0.374 e. The van der Waals surface area contributed by atoms with E-state index in [0.29, 0.717) is 6.54 Å². The van der Waals surface area contributed by atoms with Gasteiger partial charge in [0, 0.05) is 24.6 Å². The largest absolute Gasteiger partial charge is 0.519 e. The van der Waals surface area contributed by atoms with Crippen LogP contribution in [-0.4, -0.2) is 64.1 Å². The zero-order valence-electron chi connectivity index (χ0n) is 14.3. The number of hydrogen-bond acceptors (Lipinski definition) is 6. The molecule has 4 aliphatic rings. The van der Waals surface area contributed by atoms with Crippen molar-refractivity contribution < 1.29 is 27.8 Å². The van der Waals surface area contributed by atoms with E-state index in [-0.39, 0.29) is 16.9 Å². The Bertz CT molecular complexity index is 667. The number of aromatic nitrogens is 2. The van der Waals surface area contributed by atoms with Gasteiger partial charge in [0.05, 0.1) is 24.4 Å². The molecule has 1 aliphatic carbocycles. The molecule has 26 heavy (non-hydrogen) atoms. The number of amides is 1. The number of carbonyl (C=O) groups excluding carboxylic acids is 1. The van der Waals surface area contributed by atoms with Crippen molar-refractivity contribution >= 4 is 11.7 Å². The summed E-state index contributed by atoms with van der Waals surface area (Å²) in [4.78, 5) is 22.4. The van der Waals surface area contributed by atoms with Gasteiger partial charge in [0.2, 0.25) is 5.91 Å². The van der Waals surface area contributed by atoms with Crippen LogP contribution in [0, 0.1) is 0 Å². The molecule has 3 saturated heterocycles. The predicted molar refractivity (Wildman–Crippen MR) is 85.3 cm³/mol. The molecule has 1 aromatic rings. The van der Waals surface area contributed by atoms with Crippen LogP contribution in [0.1, 0.15) is 31.9 Å². The fraction of sp³-hybridized carbons (Fsp3) is 0.688. The molecule has 0 unspecified atom stereocenters. The summed E-state index contributed by atoms with van der Waals surface area (Å²) in [6.45, 7) is 4.97. The zero-order valence-corrected chi connectivity index (χ0v) is 14.3. The Labute approximate surface area is 148 Å². The lowest BCUT2D eigenvalue weighted by molar-refractivity contribution is -0.295. The molecule has 4 fully saturated rings. The molecule has 4 heterocycles. The van der Waals surface area contributed by atoms with Crippen molar-refractivity contribution in [2.24, 2.45) is 0 Å². The fourth-order valence-electron chi connectivity index (χ4n) is 3.74. The van der Waals surface area contributed by atoms with Gasteiger partial charge < -0.3 is 20.1 Å². The van der Waals surface area contributed by atoms with E-state index in [1.807, 2.05) is 11.0 Å². The molecule has 144 valence electrons. The number of carbonyl (C=O) groups is 1. The predicted octanol–water partition coefficient (Wildman–Crippen LogP) is 1.44. The average Bonchev–Trinajstić information content (AvgIpc) is 2.96. The molecule has 0 radical (unpaired) electrons. The Balaban J connectivity index is 0.000000349. The maximum atomic E-state index is 11.9. The lowest BCUT2D eigenvalue weighted by atomic mass is 9.61. The van der Waals surface area contributed by atoms with Gasteiger partial charge in [-0.25, -0.2) is 9.97 Å². The van der Waals surface area contributed by atoms with Crippen LogP contribution >= 0.6 is 0 Å². The second-order valence-electron chi connectivity index (χ2n) is 7.22. The Morgan fingerprint density at radius 2 is 2.04 bits per heavy atom. The van der Waals surface area contributed by atoms with Gasteiger partial charge in [-0.15, -0.1) is 13.2 Å². The molecule has 0 spiro atoms. The standard InChI is InChI=1S/C15H20N4O2.CHF3O/c1-14-7-15(8-14,9-21-14)11-5-12(18-10-17-11)16-6-13(20)19-3-2-4-19;2-1(3,4)5/h5,10H,2-4,6-9H2,1H3,(H,16,17,18);5H. The highest BCUT2D eigenvalue weighted by molar-refractivity contribution is 5.81. The first kappa shape index (κ1) is 18.8. The summed E-state index contributed by atoms with van der Waals surface area (Å²) in [5, 5.41) is 9.64. The SMILES string of the molecule is CC12CC(c3cc(NCC(=O)N4CCC4)ncn3)(CO1)C2.OC(F)(F)F. The van der Waals surface area contributed by atoms with Gasteiger partial charge in [-0.05, 0) is 26.2 Å². The molecule has 0 atom stereocenters. The molecule has 2 N–H and O–H groups in total. The summed E-state index contributed by atoms with van der Waals surface area (Å²) in [5.41, 5.74) is 1.15. The van der Waals surface area contributed by atoms with Crippen LogP contribution in [0.4, 0.5) is 19.0 Å². The highest BCUT2D eigenvalue weighted by Gasteiger charge is 2.61. The molecule has 3 aliphatic heterocycles. The van der Waals surface area contributed by atoms with Gasteiger partial charge in [0.15, 0.2) is 0 Å². The number of likely N-dealkylation sites (tertiary alicyclic amines) is 1. The topological polar surface area (TPSA) is 87.6 Å². The highest BCUT2D eigenvalue weighted by Crippen LogP contribution is 2.58. The van der Waals surface area contributed by atoms with Crippen molar-refractivity contribution in [3.8, 4) is 0 Å². The zero-order chi connectivity index (χ0) is 19.0. The van der Waals surface area contributed by atoms with Crippen LogP contribution in [0.5, 0.6) is 0 Å². The molecular formula is C16H21F3N4O3. The lowest BCUT2D eigenvalue weighted by Crippen LogP contribution is -2.45. The number of alkyl halides is 3. The van der Waals surface area contributed by atoms with Crippen molar-refractivity contribution in [1.29, 1.82) is 0 Å².